The number of nitrogens with one attached hydrogen (secondary N) is 2. The lowest BCUT2D eigenvalue weighted by atomic mass is 10.2. The zero-order chi connectivity index (χ0) is 13.8. The Hall–Kier alpha value is -2.86. The number of anilines is 2. The van der Waals surface area contributed by atoms with E-state index in [1.807, 2.05) is 30.3 Å². The molecule has 0 aliphatic carbocycles. The molecule has 0 spiro atoms. The summed E-state index contributed by atoms with van der Waals surface area (Å²) in [5, 5.41) is 4.42. The number of amides is 1. The summed E-state index contributed by atoms with van der Waals surface area (Å²) in [5.74, 6) is -0.235. The van der Waals surface area contributed by atoms with Crippen LogP contribution in [0.2, 0.25) is 0 Å². The van der Waals surface area contributed by atoms with Gasteiger partial charge >= 0.3 is 0 Å². The van der Waals surface area contributed by atoms with Gasteiger partial charge in [-0.05, 0) is 18.2 Å². The van der Waals surface area contributed by atoms with Crippen molar-refractivity contribution in [2.75, 3.05) is 10.3 Å². The molecule has 0 fully saturated rings. The molecule has 0 radical (unpaired) electrons. The lowest BCUT2D eigenvalue weighted by molar-refractivity contribution is 0.102. The molecule has 1 aliphatic heterocycles. The number of hydrogen-bond acceptors (Lipinski definition) is 5. The molecule has 6 heteroatoms. The molecule has 0 saturated heterocycles. The van der Waals surface area contributed by atoms with E-state index < -0.39 is 0 Å². The monoisotopic (exact) mass is 268 g/mol. The SMILES string of the molecule is O=C(Nc1ccccc1)c1cnccc1N1C=CON1. The molecule has 2 aromatic rings. The average Bonchev–Trinajstić information content (AvgIpc) is 3.02. The Morgan fingerprint density at radius 3 is 2.85 bits per heavy atom. The first-order chi connectivity index (χ1) is 9.84. The largest absolute Gasteiger partial charge is 0.395 e. The Balaban J connectivity index is 1.86. The highest BCUT2D eigenvalue weighted by atomic mass is 16.7. The highest BCUT2D eigenvalue weighted by Gasteiger charge is 2.17. The smallest absolute Gasteiger partial charge is 0.259 e. The van der Waals surface area contributed by atoms with Crippen LogP contribution in [0.5, 0.6) is 0 Å². The Morgan fingerprint density at radius 2 is 2.10 bits per heavy atom. The predicted molar refractivity (Wildman–Crippen MR) is 74.5 cm³/mol. The van der Waals surface area contributed by atoms with E-state index in [1.54, 1.807) is 23.5 Å². The van der Waals surface area contributed by atoms with E-state index in [2.05, 4.69) is 15.9 Å². The van der Waals surface area contributed by atoms with Crippen molar-refractivity contribution in [2.45, 2.75) is 0 Å². The van der Waals surface area contributed by atoms with E-state index in [1.165, 1.54) is 12.5 Å². The molecule has 1 aromatic carbocycles. The summed E-state index contributed by atoms with van der Waals surface area (Å²) in [4.78, 5) is 21.2. The second-order valence-electron chi connectivity index (χ2n) is 4.08. The highest BCUT2D eigenvalue weighted by molar-refractivity contribution is 6.07. The Bertz CT molecular complexity index is 643. The first kappa shape index (κ1) is 12.2. The number of hydrazine groups is 1. The van der Waals surface area contributed by atoms with Crippen molar-refractivity contribution >= 4 is 17.3 Å². The number of para-hydroxylation sites is 1. The summed E-state index contributed by atoms with van der Waals surface area (Å²) in [6, 6.07) is 11.0. The summed E-state index contributed by atoms with van der Waals surface area (Å²) in [6.45, 7) is 0. The number of pyridine rings is 1. The summed E-state index contributed by atoms with van der Waals surface area (Å²) < 4.78 is 0. The normalized spacial score (nSPS) is 13.1. The minimum absolute atomic E-state index is 0.235. The van der Waals surface area contributed by atoms with Gasteiger partial charge in [0.2, 0.25) is 0 Å². The zero-order valence-corrected chi connectivity index (χ0v) is 10.5. The number of aromatic nitrogens is 1. The van der Waals surface area contributed by atoms with Crippen molar-refractivity contribution in [1.29, 1.82) is 0 Å². The van der Waals surface area contributed by atoms with Gasteiger partial charge in [-0.1, -0.05) is 23.8 Å². The van der Waals surface area contributed by atoms with Crippen LogP contribution >= 0.6 is 0 Å². The molecule has 0 unspecified atom stereocenters. The third-order valence-corrected chi connectivity index (χ3v) is 2.76. The van der Waals surface area contributed by atoms with Gasteiger partial charge in [-0.2, -0.15) is 0 Å². The van der Waals surface area contributed by atoms with Gasteiger partial charge < -0.3 is 10.2 Å². The Morgan fingerprint density at radius 1 is 1.25 bits per heavy atom. The van der Waals surface area contributed by atoms with E-state index in [0.29, 0.717) is 11.3 Å². The third-order valence-electron chi connectivity index (χ3n) is 2.76. The maximum atomic E-state index is 12.3. The number of carbonyl (C=O) groups excluding carboxylic acids is 1. The summed E-state index contributed by atoms with van der Waals surface area (Å²) >= 11 is 0. The van der Waals surface area contributed by atoms with E-state index in [0.717, 1.165) is 5.69 Å². The van der Waals surface area contributed by atoms with Crippen LogP contribution in [0.25, 0.3) is 0 Å². The molecule has 6 nitrogen and oxygen atoms in total. The van der Waals surface area contributed by atoms with Gasteiger partial charge in [0.1, 0.15) is 6.26 Å². The summed E-state index contributed by atoms with van der Waals surface area (Å²) in [5.41, 5.74) is 4.47. The van der Waals surface area contributed by atoms with Crippen molar-refractivity contribution in [3.8, 4) is 0 Å². The van der Waals surface area contributed by atoms with Crippen LogP contribution in [0.3, 0.4) is 0 Å². The van der Waals surface area contributed by atoms with E-state index in [9.17, 15) is 4.79 Å². The fourth-order valence-electron chi connectivity index (χ4n) is 1.83. The van der Waals surface area contributed by atoms with Crippen LogP contribution in [-0.2, 0) is 4.84 Å². The van der Waals surface area contributed by atoms with Gasteiger partial charge in [0.15, 0.2) is 0 Å². The second-order valence-corrected chi connectivity index (χ2v) is 4.08. The Kier molecular flexibility index (Phi) is 3.30. The number of nitrogens with zero attached hydrogens (tertiary/aromatic N) is 2. The van der Waals surface area contributed by atoms with Crippen molar-refractivity contribution in [1.82, 2.24) is 10.6 Å². The molecule has 1 aromatic heterocycles. The van der Waals surface area contributed by atoms with Gasteiger partial charge in [-0.15, -0.1) is 0 Å². The molecular formula is C14H12N4O2. The van der Waals surface area contributed by atoms with Gasteiger partial charge in [0.25, 0.3) is 5.91 Å². The zero-order valence-electron chi connectivity index (χ0n) is 10.5. The predicted octanol–water partition coefficient (Wildman–Crippen LogP) is 2.06. The number of carbonyl (C=O) groups is 1. The van der Waals surface area contributed by atoms with Gasteiger partial charge in [-0.25, -0.2) is 5.01 Å². The fraction of sp³-hybridized carbons (Fsp3) is 0. The minimum Gasteiger partial charge on any atom is -0.395 e. The molecule has 0 atom stereocenters. The van der Waals surface area contributed by atoms with Crippen LogP contribution < -0.4 is 15.9 Å². The Labute approximate surface area is 115 Å². The summed E-state index contributed by atoms with van der Waals surface area (Å²) in [6.07, 6.45) is 6.29. The lowest BCUT2D eigenvalue weighted by Gasteiger charge is -2.17. The van der Waals surface area contributed by atoms with E-state index >= 15 is 0 Å². The van der Waals surface area contributed by atoms with Gasteiger partial charge in [-0.3, -0.25) is 9.78 Å². The first-order valence-electron chi connectivity index (χ1n) is 6.02. The highest BCUT2D eigenvalue weighted by Crippen LogP contribution is 2.21. The molecule has 1 aliphatic rings. The molecule has 0 bridgehead atoms. The van der Waals surface area contributed by atoms with E-state index in [4.69, 9.17) is 4.84 Å². The molecule has 3 rings (SSSR count). The molecule has 100 valence electrons. The molecule has 2 N–H and O–H groups in total. The van der Waals surface area contributed by atoms with Crippen LogP contribution in [0.1, 0.15) is 10.4 Å². The lowest BCUT2D eigenvalue weighted by Crippen LogP contribution is -2.29. The maximum absolute atomic E-state index is 12.3. The van der Waals surface area contributed by atoms with Gasteiger partial charge in [0.05, 0.1) is 17.5 Å². The number of hydrogen-bond donors (Lipinski definition) is 2. The van der Waals surface area contributed by atoms with Crippen LogP contribution in [-0.4, -0.2) is 10.9 Å². The second kappa shape index (κ2) is 5.41. The van der Waals surface area contributed by atoms with Crippen molar-refractivity contribution < 1.29 is 9.63 Å². The molecule has 20 heavy (non-hydrogen) atoms. The first-order valence-corrected chi connectivity index (χ1v) is 6.02. The van der Waals surface area contributed by atoms with Crippen molar-refractivity contribution in [3.05, 3.63) is 66.8 Å². The van der Waals surface area contributed by atoms with Crippen molar-refractivity contribution in [3.63, 3.8) is 0 Å². The molecule has 1 amide bonds. The van der Waals surface area contributed by atoms with E-state index in [-0.39, 0.29) is 5.91 Å². The average molecular weight is 268 g/mol. The molecule has 2 heterocycles. The van der Waals surface area contributed by atoms with Crippen LogP contribution in [0, 0.1) is 0 Å². The summed E-state index contributed by atoms with van der Waals surface area (Å²) in [7, 11) is 0. The van der Waals surface area contributed by atoms with Crippen LogP contribution in [0.15, 0.2) is 61.3 Å². The fourth-order valence-corrected chi connectivity index (χ4v) is 1.83. The minimum atomic E-state index is -0.235. The maximum Gasteiger partial charge on any atom is 0.259 e. The van der Waals surface area contributed by atoms with Crippen LogP contribution in [0.4, 0.5) is 11.4 Å². The number of rotatable bonds is 3. The number of benzene rings is 1. The third kappa shape index (κ3) is 2.45. The van der Waals surface area contributed by atoms with Crippen molar-refractivity contribution in [2.24, 2.45) is 0 Å². The topological polar surface area (TPSA) is 66.5 Å². The molecule has 0 saturated carbocycles. The standard InChI is InChI=1S/C14H12N4O2/c19-14(16-11-4-2-1-3-5-11)12-10-15-7-6-13(12)18-8-9-20-17-18/h1-10,17H,(H,16,19). The quantitative estimate of drug-likeness (QED) is 0.892. The van der Waals surface area contributed by atoms with Gasteiger partial charge in [0, 0.05) is 18.1 Å². The molecular weight excluding hydrogens is 256 g/mol.